The molecule has 7 heteroatoms. The van der Waals surface area contributed by atoms with Gasteiger partial charge in [0, 0.05) is 42.1 Å². The Morgan fingerprint density at radius 2 is 2.00 bits per heavy atom. The molecule has 1 spiro atoms. The molecule has 5 rings (SSSR count). The van der Waals surface area contributed by atoms with E-state index in [9.17, 15) is 5.11 Å². The quantitative estimate of drug-likeness (QED) is 0.541. The molecule has 1 unspecified atom stereocenters. The molecule has 0 bridgehead atoms. The lowest BCUT2D eigenvalue weighted by Crippen LogP contribution is -2.51. The van der Waals surface area contributed by atoms with Crippen molar-refractivity contribution in [2.45, 2.75) is 24.5 Å². The normalized spacial score (nSPS) is 19.3. The summed E-state index contributed by atoms with van der Waals surface area (Å²) in [5, 5.41) is 19.8. The van der Waals surface area contributed by atoms with Crippen LogP contribution < -0.4 is 10.6 Å². The van der Waals surface area contributed by atoms with E-state index in [-0.39, 0.29) is 5.54 Å². The topological polar surface area (TPSA) is 82.2 Å². The summed E-state index contributed by atoms with van der Waals surface area (Å²) in [4.78, 5) is 7.71. The zero-order chi connectivity index (χ0) is 18.4. The Hall–Kier alpha value is -2.28. The molecule has 0 saturated carbocycles. The molecule has 4 heterocycles. The fourth-order valence-electron chi connectivity index (χ4n) is 4.10. The van der Waals surface area contributed by atoms with Gasteiger partial charge in [0.2, 0.25) is 0 Å². The van der Waals surface area contributed by atoms with Gasteiger partial charge in [-0.05, 0) is 18.9 Å². The van der Waals surface area contributed by atoms with Crippen molar-refractivity contribution in [2.75, 3.05) is 30.4 Å². The van der Waals surface area contributed by atoms with Gasteiger partial charge in [0.15, 0.2) is 0 Å². The molecule has 3 aromatic rings. The van der Waals surface area contributed by atoms with Crippen LogP contribution in [0.1, 0.15) is 30.1 Å². The second-order valence-corrected chi connectivity index (χ2v) is 7.72. The first-order chi connectivity index (χ1) is 13.2. The van der Waals surface area contributed by atoms with Gasteiger partial charge in [-0.3, -0.25) is 0 Å². The highest BCUT2D eigenvalue weighted by atomic mass is 35.5. The summed E-state index contributed by atoms with van der Waals surface area (Å²) < 4.78 is 5.55. The van der Waals surface area contributed by atoms with Gasteiger partial charge in [-0.2, -0.15) is 0 Å². The standard InChI is InChI=1S/C20H21ClN4O2/c21-14-4-2-1-3-12(14)18(26)13-9-22-19-16(13)17-15(10-23-19)24-11-20(25-17)5-7-27-8-6-20/h1-4,9-10,18,24-26H,5-8,11H2,(H,22,23). The molecule has 140 valence electrons. The Morgan fingerprint density at radius 3 is 2.81 bits per heavy atom. The third-order valence-corrected chi connectivity index (χ3v) is 6.03. The van der Waals surface area contributed by atoms with Crippen LogP contribution in [0.3, 0.4) is 0 Å². The lowest BCUT2D eigenvalue weighted by atomic mass is 9.87. The molecule has 2 aliphatic rings. The van der Waals surface area contributed by atoms with Gasteiger partial charge in [0.1, 0.15) is 11.8 Å². The third-order valence-electron chi connectivity index (χ3n) is 5.68. The van der Waals surface area contributed by atoms with Crippen LogP contribution in [0.4, 0.5) is 11.4 Å². The van der Waals surface area contributed by atoms with Crippen molar-refractivity contribution < 1.29 is 9.84 Å². The summed E-state index contributed by atoms with van der Waals surface area (Å²) in [6.07, 6.45) is 4.69. The van der Waals surface area contributed by atoms with E-state index in [1.807, 2.05) is 30.6 Å². The molecule has 27 heavy (non-hydrogen) atoms. The molecule has 1 atom stereocenters. The Bertz CT molecular complexity index is 997. The van der Waals surface area contributed by atoms with Crippen molar-refractivity contribution in [3.63, 3.8) is 0 Å². The SMILES string of the molecule is OC(c1ccccc1Cl)c1c[nH]c2ncc3c(c12)NC1(CCOCC1)CN3. The zero-order valence-corrected chi connectivity index (χ0v) is 15.5. The maximum atomic E-state index is 11.1. The maximum absolute atomic E-state index is 11.1. The lowest BCUT2D eigenvalue weighted by molar-refractivity contribution is 0.0635. The summed E-state index contributed by atoms with van der Waals surface area (Å²) in [5.74, 6) is 0. The van der Waals surface area contributed by atoms with Crippen LogP contribution >= 0.6 is 11.6 Å². The molecule has 1 saturated heterocycles. The number of H-pyrrole nitrogens is 1. The number of anilines is 2. The number of nitrogens with zero attached hydrogens (tertiary/aromatic N) is 1. The molecule has 4 N–H and O–H groups in total. The monoisotopic (exact) mass is 384 g/mol. The Morgan fingerprint density at radius 1 is 1.19 bits per heavy atom. The van der Waals surface area contributed by atoms with Gasteiger partial charge >= 0.3 is 0 Å². The number of aromatic nitrogens is 2. The predicted molar refractivity (Wildman–Crippen MR) is 107 cm³/mol. The van der Waals surface area contributed by atoms with E-state index >= 15 is 0 Å². The second kappa shape index (κ2) is 6.41. The van der Waals surface area contributed by atoms with E-state index in [0.29, 0.717) is 10.6 Å². The van der Waals surface area contributed by atoms with Gasteiger partial charge in [-0.25, -0.2) is 4.98 Å². The Labute approximate surface area is 161 Å². The molecular weight excluding hydrogens is 364 g/mol. The molecular formula is C20H21ClN4O2. The van der Waals surface area contributed by atoms with Gasteiger partial charge in [0.25, 0.3) is 0 Å². The van der Waals surface area contributed by atoms with Crippen LogP contribution in [-0.4, -0.2) is 40.4 Å². The number of pyridine rings is 1. The average Bonchev–Trinajstić information content (AvgIpc) is 3.13. The zero-order valence-electron chi connectivity index (χ0n) is 14.8. The third kappa shape index (κ3) is 2.76. The Kier molecular flexibility index (Phi) is 4.00. The van der Waals surface area contributed by atoms with Crippen LogP contribution in [-0.2, 0) is 4.74 Å². The van der Waals surface area contributed by atoms with Gasteiger partial charge in [-0.1, -0.05) is 29.8 Å². The Balaban J connectivity index is 1.63. The number of nitrogens with one attached hydrogen (secondary N) is 3. The van der Waals surface area contributed by atoms with Crippen molar-refractivity contribution >= 4 is 34.0 Å². The smallest absolute Gasteiger partial charge is 0.139 e. The van der Waals surface area contributed by atoms with Crippen LogP contribution in [0.25, 0.3) is 11.0 Å². The van der Waals surface area contributed by atoms with Gasteiger partial charge in [0.05, 0.1) is 28.5 Å². The number of hydrogen-bond acceptors (Lipinski definition) is 5. The highest BCUT2D eigenvalue weighted by Crippen LogP contribution is 2.42. The minimum absolute atomic E-state index is 0.0383. The van der Waals surface area contributed by atoms with E-state index < -0.39 is 6.10 Å². The fourth-order valence-corrected chi connectivity index (χ4v) is 4.34. The summed E-state index contributed by atoms with van der Waals surface area (Å²) >= 11 is 6.32. The predicted octanol–water partition coefficient (Wildman–Crippen LogP) is 3.68. The van der Waals surface area contributed by atoms with Gasteiger partial charge < -0.3 is 25.5 Å². The number of aromatic amines is 1. The molecule has 0 radical (unpaired) electrons. The molecule has 1 fully saturated rings. The number of aliphatic hydroxyl groups excluding tert-OH is 1. The largest absolute Gasteiger partial charge is 0.384 e. The van der Waals surface area contributed by atoms with Crippen molar-refractivity contribution in [1.82, 2.24) is 9.97 Å². The number of hydrogen-bond donors (Lipinski definition) is 4. The van der Waals surface area contributed by atoms with Crippen LogP contribution in [0, 0.1) is 0 Å². The molecule has 2 aromatic heterocycles. The first-order valence-electron chi connectivity index (χ1n) is 9.19. The van der Waals surface area contributed by atoms with E-state index in [1.165, 1.54) is 0 Å². The van der Waals surface area contributed by atoms with E-state index in [2.05, 4.69) is 20.6 Å². The van der Waals surface area contributed by atoms with Crippen molar-refractivity contribution in [1.29, 1.82) is 0 Å². The van der Waals surface area contributed by atoms with Crippen molar-refractivity contribution in [3.05, 3.63) is 52.8 Å². The number of halogens is 1. The molecule has 0 aliphatic carbocycles. The highest BCUT2D eigenvalue weighted by Gasteiger charge is 2.37. The maximum Gasteiger partial charge on any atom is 0.139 e. The van der Waals surface area contributed by atoms with E-state index in [0.717, 1.165) is 60.6 Å². The highest BCUT2D eigenvalue weighted by molar-refractivity contribution is 6.31. The van der Waals surface area contributed by atoms with Crippen LogP contribution in [0.15, 0.2) is 36.7 Å². The number of ether oxygens (including phenoxy) is 1. The van der Waals surface area contributed by atoms with Crippen LogP contribution in [0.5, 0.6) is 0 Å². The first-order valence-corrected chi connectivity index (χ1v) is 9.57. The summed E-state index contributed by atoms with van der Waals surface area (Å²) in [6.45, 7) is 2.34. The fraction of sp³-hybridized carbons (Fsp3) is 0.350. The number of benzene rings is 1. The van der Waals surface area contributed by atoms with Crippen molar-refractivity contribution in [3.8, 4) is 0 Å². The first kappa shape index (κ1) is 16.9. The number of aliphatic hydroxyl groups is 1. The second-order valence-electron chi connectivity index (χ2n) is 7.31. The van der Waals surface area contributed by atoms with Crippen LogP contribution in [0.2, 0.25) is 5.02 Å². The van der Waals surface area contributed by atoms with Crippen molar-refractivity contribution in [2.24, 2.45) is 0 Å². The molecule has 1 aromatic carbocycles. The number of fused-ring (bicyclic) bond motifs is 3. The van der Waals surface area contributed by atoms with E-state index in [1.54, 1.807) is 6.07 Å². The van der Waals surface area contributed by atoms with E-state index in [4.69, 9.17) is 16.3 Å². The van der Waals surface area contributed by atoms with Gasteiger partial charge in [-0.15, -0.1) is 0 Å². The average molecular weight is 385 g/mol. The summed E-state index contributed by atoms with van der Waals surface area (Å²) in [5.41, 5.74) is 4.09. The molecule has 6 nitrogen and oxygen atoms in total. The lowest BCUT2D eigenvalue weighted by Gasteiger charge is -2.43. The minimum Gasteiger partial charge on any atom is -0.384 e. The number of rotatable bonds is 2. The summed E-state index contributed by atoms with van der Waals surface area (Å²) in [7, 11) is 0. The summed E-state index contributed by atoms with van der Waals surface area (Å²) in [6, 6.07) is 7.38. The minimum atomic E-state index is -0.838. The molecule has 0 amide bonds. The molecule has 2 aliphatic heterocycles.